The molecule has 1 saturated heterocycles. The van der Waals surface area contributed by atoms with E-state index in [-0.39, 0.29) is 23.1 Å². The second kappa shape index (κ2) is 8.59. The fourth-order valence-electron chi connectivity index (χ4n) is 4.02. The second-order valence-electron chi connectivity index (χ2n) is 7.65. The van der Waals surface area contributed by atoms with E-state index in [2.05, 4.69) is 11.4 Å². The lowest BCUT2D eigenvalue weighted by Gasteiger charge is -2.33. The van der Waals surface area contributed by atoms with Crippen molar-refractivity contribution in [1.82, 2.24) is 14.5 Å². The average Bonchev–Trinajstić information content (AvgIpc) is 2.70. The largest absolute Gasteiger partial charge is 0.358 e. The van der Waals surface area contributed by atoms with Gasteiger partial charge < -0.3 is 10.2 Å². The van der Waals surface area contributed by atoms with Crippen LogP contribution in [0.5, 0.6) is 0 Å². The van der Waals surface area contributed by atoms with Crippen molar-refractivity contribution in [2.45, 2.75) is 44.9 Å². The molecule has 2 heterocycles. The van der Waals surface area contributed by atoms with E-state index in [1.165, 1.54) is 48.9 Å². The van der Waals surface area contributed by atoms with Gasteiger partial charge in [0, 0.05) is 45.7 Å². The Bertz CT molecular complexity index is 829. The van der Waals surface area contributed by atoms with Crippen molar-refractivity contribution in [3.05, 3.63) is 38.6 Å². The summed E-state index contributed by atoms with van der Waals surface area (Å²) in [5, 5.41) is 3.08. The van der Waals surface area contributed by atoms with Crippen LogP contribution >= 0.6 is 0 Å². The molecular formula is C20H30N4O3. The first-order valence-electron chi connectivity index (χ1n) is 9.95. The van der Waals surface area contributed by atoms with E-state index in [0.717, 1.165) is 23.8 Å². The lowest BCUT2D eigenvalue weighted by molar-refractivity contribution is -0.125. The monoisotopic (exact) mass is 374 g/mol. The predicted molar refractivity (Wildman–Crippen MR) is 106 cm³/mol. The van der Waals surface area contributed by atoms with Gasteiger partial charge in [0.25, 0.3) is 5.56 Å². The topological polar surface area (TPSA) is 76.3 Å². The Balaban J connectivity index is 1.51. The van der Waals surface area contributed by atoms with Gasteiger partial charge in [-0.05, 0) is 44.9 Å². The zero-order valence-corrected chi connectivity index (χ0v) is 16.4. The average molecular weight is 374 g/mol. The highest BCUT2D eigenvalue weighted by Crippen LogP contribution is 2.22. The van der Waals surface area contributed by atoms with Gasteiger partial charge >= 0.3 is 5.69 Å². The summed E-state index contributed by atoms with van der Waals surface area (Å²) in [4.78, 5) is 38.5. The number of piperidine rings is 1. The number of nitrogens with zero attached hydrogens (tertiary/aromatic N) is 3. The number of hydrogen-bond donors (Lipinski definition) is 1. The SMILES string of the molecule is Cn1c(N2CCC(C(=O)NCCC3=CCCCC3)CC2)cc(=O)n(C)c1=O. The Hall–Kier alpha value is -2.31. The molecule has 1 N–H and O–H groups in total. The first kappa shape index (κ1) is 19.5. The zero-order valence-electron chi connectivity index (χ0n) is 16.4. The lowest BCUT2D eigenvalue weighted by atomic mass is 9.95. The molecule has 0 saturated carbocycles. The van der Waals surface area contributed by atoms with Crippen LogP contribution < -0.4 is 21.5 Å². The van der Waals surface area contributed by atoms with E-state index in [0.29, 0.717) is 25.5 Å². The van der Waals surface area contributed by atoms with Crippen LogP contribution in [0.1, 0.15) is 44.9 Å². The molecule has 2 aliphatic rings. The Morgan fingerprint density at radius 1 is 1.15 bits per heavy atom. The number of aromatic nitrogens is 2. The molecule has 1 aliphatic heterocycles. The van der Waals surface area contributed by atoms with Gasteiger partial charge in [-0.2, -0.15) is 0 Å². The second-order valence-corrected chi connectivity index (χ2v) is 7.65. The summed E-state index contributed by atoms with van der Waals surface area (Å²) in [5.41, 5.74) is 0.849. The Labute approximate surface area is 159 Å². The van der Waals surface area contributed by atoms with Gasteiger partial charge in [0.15, 0.2) is 0 Å². The molecular weight excluding hydrogens is 344 g/mol. The number of hydrogen-bond acceptors (Lipinski definition) is 4. The molecule has 0 radical (unpaired) electrons. The number of carbonyl (C=O) groups is 1. The standard InChI is InChI=1S/C20H30N4O3/c1-22-17(14-18(25)23(2)20(22)27)24-12-9-16(10-13-24)19(26)21-11-8-15-6-4-3-5-7-15/h6,14,16H,3-5,7-13H2,1-2H3,(H,21,26). The Kier molecular flexibility index (Phi) is 6.19. The minimum absolute atomic E-state index is 0.00478. The molecule has 3 rings (SSSR count). The van der Waals surface area contributed by atoms with E-state index in [4.69, 9.17) is 0 Å². The summed E-state index contributed by atoms with van der Waals surface area (Å²) < 4.78 is 2.60. The number of anilines is 1. The van der Waals surface area contributed by atoms with E-state index in [9.17, 15) is 14.4 Å². The molecule has 148 valence electrons. The van der Waals surface area contributed by atoms with Crippen LogP contribution in [0.15, 0.2) is 27.3 Å². The van der Waals surface area contributed by atoms with Crippen LogP contribution in [-0.4, -0.2) is 34.7 Å². The first-order valence-corrected chi connectivity index (χ1v) is 9.95. The van der Waals surface area contributed by atoms with Crippen LogP contribution in [0.2, 0.25) is 0 Å². The third-order valence-corrected chi connectivity index (χ3v) is 5.82. The van der Waals surface area contributed by atoms with Crippen molar-refractivity contribution in [1.29, 1.82) is 0 Å². The normalized spacial score (nSPS) is 18.3. The van der Waals surface area contributed by atoms with E-state index in [1.807, 2.05) is 4.90 Å². The lowest BCUT2D eigenvalue weighted by Crippen LogP contribution is -2.45. The molecule has 1 aromatic rings. The van der Waals surface area contributed by atoms with Crippen LogP contribution in [0, 0.1) is 5.92 Å². The highest BCUT2D eigenvalue weighted by atomic mass is 16.2. The molecule has 7 nitrogen and oxygen atoms in total. The summed E-state index contributed by atoms with van der Waals surface area (Å²) in [5.74, 6) is 0.764. The van der Waals surface area contributed by atoms with Gasteiger partial charge in [-0.25, -0.2) is 4.79 Å². The van der Waals surface area contributed by atoms with Crippen LogP contribution in [-0.2, 0) is 18.9 Å². The number of nitrogens with one attached hydrogen (secondary N) is 1. The fourth-order valence-corrected chi connectivity index (χ4v) is 4.02. The van der Waals surface area contributed by atoms with Crippen LogP contribution in [0.25, 0.3) is 0 Å². The number of amides is 1. The van der Waals surface area contributed by atoms with Gasteiger partial charge in [0.1, 0.15) is 5.82 Å². The highest BCUT2D eigenvalue weighted by Gasteiger charge is 2.26. The van der Waals surface area contributed by atoms with Gasteiger partial charge in [-0.1, -0.05) is 11.6 Å². The van der Waals surface area contributed by atoms with Crippen molar-refractivity contribution < 1.29 is 4.79 Å². The minimum Gasteiger partial charge on any atom is -0.358 e. The molecule has 0 spiro atoms. The highest BCUT2D eigenvalue weighted by molar-refractivity contribution is 5.79. The van der Waals surface area contributed by atoms with Gasteiger partial charge in [-0.3, -0.25) is 18.7 Å². The van der Waals surface area contributed by atoms with Crippen molar-refractivity contribution in [2.24, 2.45) is 20.0 Å². The van der Waals surface area contributed by atoms with Crippen molar-refractivity contribution in [3.63, 3.8) is 0 Å². The smallest absolute Gasteiger partial charge is 0.332 e. The van der Waals surface area contributed by atoms with Crippen molar-refractivity contribution >= 4 is 11.7 Å². The molecule has 1 fully saturated rings. The van der Waals surface area contributed by atoms with E-state index >= 15 is 0 Å². The molecule has 27 heavy (non-hydrogen) atoms. The van der Waals surface area contributed by atoms with Crippen LogP contribution in [0.4, 0.5) is 5.82 Å². The van der Waals surface area contributed by atoms with Crippen molar-refractivity contribution in [2.75, 3.05) is 24.5 Å². The van der Waals surface area contributed by atoms with Crippen LogP contribution in [0.3, 0.4) is 0 Å². The molecule has 1 amide bonds. The Morgan fingerprint density at radius 2 is 1.89 bits per heavy atom. The quantitative estimate of drug-likeness (QED) is 0.789. The number of rotatable bonds is 5. The summed E-state index contributed by atoms with van der Waals surface area (Å²) in [6, 6.07) is 1.50. The molecule has 0 unspecified atom stereocenters. The molecule has 1 aromatic heterocycles. The van der Waals surface area contributed by atoms with E-state index < -0.39 is 0 Å². The summed E-state index contributed by atoms with van der Waals surface area (Å²) >= 11 is 0. The number of carbonyl (C=O) groups excluding carboxylic acids is 1. The molecule has 0 aromatic carbocycles. The number of allylic oxidation sites excluding steroid dienone is 1. The summed E-state index contributed by atoms with van der Waals surface area (Å²) in [6.07, 6.45) is 9.64. The maximum absolute atomic E-state index is 12.4. The molecule has 0 bridgehead atoms. The fraction of sp³-hybridized carbons (Fsp3) is 0.650. The third-order valence-electron chi connectivity index (χ3n) is 5.82. The molecule has 0 atom stereocenters. The van der Waals surface area contributed by atoms with Gasteiger partial charge in [-0.15, -0.1) is 0 Å². The maximum atomic E-state index is 12.4. The molecule has 7 heteroatoms. The molecule has 1 aliphatic carbocycles. The van der Waals surface area contributed by atoms with Gasteiger partial charge in [0.2, 0.25) is 5.91 Å². The van der Waals surface area contributed by atoms with Crippen molar-refractivity contribution in [3.8, 4) is 0 Å². The summed E-state index contributed by atoms with van der Waals surface area (Å²) in [7, 11) is 3.16. The first-order chi connectivity index (χ1) is 13.0. The van der Waals surface area contributed by atoms with E-state index in [1.54, 1.807) is 7.05 Å². The third kappa shape index (κ3) is 4.51. The predicted octanol–water partition coefficient (Wildman–Crippen LogP) is 1.31. The van der Waals surface area contributed by atoms with Gasteiger partial charge in [0.05, 0.1) is 0 Å². The zero-order chi connectivity index (χ0) is 19.4. The maximum Gasteiger partial charge on any atom is 0.332 e. The Morgan fingerprint density at radius 3 is 2.56 bits per heavy atom. The summed E-state index contributed by atoms with van der Waals surface area (Å²) in [6.45, 7) is 2.06. The minimum atomic E-state index is -0.325.